The molecule has 0 spiro atoms. The van der Waals surface area contributed by atoms with Gasteiger partial charge in [0.2, 0.25) is 0 Å². The molecule has 0 aliphatic carbocycles. The first-order valence-corrected chi connectivity index (χ1v) is 10.4. The van der Waals surface area contributed by atoms with Crippen LogP contribution in [0.4, 0.5) is 10.1 Å². The van der Waals surface area contributed by atoms with E-state index in [1.165, 1.54) is 6.07 Å². The number of fused-ring (bicyclic) bond motifs is 1. The Morgan fingerprint density at radius 3 is 3.00 bits per heavy atom. The van der Waals surface area contributed by atoms with Gasteiger partial charge in [0.1, 0.15) is 6.17 Å². The largest absolute Gasteiger partial charge is 0.397 e. The summed E-state index contributed by atoms with van der Waals surface area (Å²) in [5.74, 6) is -0.429. The molecule has 2 unspecified atom stereocenters. The van der Waals surface area contributed by atoms with E-state index in [4.69, 9.17) is 22.1 Å². The van der Waals surface area contributed by atoms with Crippen LogP contribution in [0.3, 0.4) is 0 Å². The van der Waals surface area contributed by atoms with Crippen molar-refractivity contribution >= 4 is 34.1 Å². The van der Waals surface area contributed by atoms with E-state index in [-0.39, 0.29) is 18.4 Å². The molecular weight excluding hydrogens is 395 g/mol. The highest BCUT2D eigenvalue weighted by Crippen LogP contribution is 2.40. The number of hydrogen-bond acceptors (Lipinski definition) is 5. The molecule has 4 N–H and O–H groups in total. The van der Waals surface area contributed by atoms with Gasteiger partial charge >= 0.3 is 0 Å². The second-order valence-electron chi connectivity index (χ2n) is 8.04. The smallest absolute Gasteiger partial charge is 0.253 e. The second kappa shape index (κ2) is 8.42. The van der Waals surface area contributed by atoms with Gasteiger partial charge in [0.05, 0.1) is 28.4 Å². The van der Waals surface area contributed by atoms with Crippen LogP contribution in [0.2, 0.25) is 5.02 Å². The van der Waals surface area contributed by atoms with Gasteiger partial charge in [-0.15, -0.1) is 0 Å². The summed E-state index contributed by atoms with van der Waals surface area (Å²) in [6, 6.07) is 5.07. The van der Waals surface area contributed by atoms with Crippen molar-refractivity contribution in [1.82, 2.24) is 15.6 Å². The van der Waals surface area contributed by atoms with E-state index in [1.54, 1.807) is 18.3 Å². The van der Waals surface area contributed by atoms with Crippen molar-refractivity contribution in [1.29, 1.82) is 0 Å². The van der Waals surface area contributed by atoms with Gasteiger partial charge in [-0.2, -0.15) is 0 Å². The normalized spacial score (nSPS) is 22.5. The maximum Gasteiger partial charge on any atom is 0.253 e. The molecule has 2 atom stereocenters. The number of carbonyl (C=O) groups is 1. The fraction of sp³-hybridized carbons (Fsp3) is 0.524. The summed E-state index contributed by atoms with van der Waals surface area (Å²) in [7, 11) is 0. The molecule has 6 nitrogen and oxygen atoms in total. The van der Waals surface area contributed by atoms with Crippen LogP contribution < -0.4 is 16.4 Å². The van der Waals surface area contributed by atoms with Gasteiger partial charge in [-0.3, -0.25) is 9.78 Å². The average molecular weight is 421 g/mol. The summed E-state index contributed by atoms with van der Waals surface area (Å²) in [6.07, 6.45) is 2.67. The SMILES string of the molecule is Nc1c(Cl)cc(C(=O)NCC2(C(F)C3CCOC3)CCNCC2)c2ncccc12. The number of nitrogens with one attached hydrogen (secondary N) is 2. The number of carbonyl (C=O) groups excluding carboxylic acids is 1. The summed E-state index contributed by atoms with van der Waals surface area (Å²) in [5.41, 5.74) is 6.68. The third-order valence-corrected chi connectivity index (χ3v) is 6.60. The molecule has 0 radical (unpaired) electrons. The second-order valence-corrected chi connectivity index (χ2v) is 8.45. The Labute approximate surface area is 174 Å². The van der Waals surface area contributed by atoms with Crippen LogP contribution in [0.15, 0.2) is 24.4 Å². The number of rotatable bonds is 5. The Morgan fingerprint density at radius 2 is 2.28 bits per heavy atom. The summed E-state index contributed by atoms with van der Waals surface area (Å²) < 4.78 is 21.0. The van der Waals surface area contributed by atoms with Crippen LogP contribution in [-0.2, 0) is 4.74 Å². The van der Waals surface area contributed by atoms with E-state index < -0.39 is 11.6 Å². The van der Waals surface area contributed by atoms with Crippen LogP contribution in [-0.4, -0.2) is 49.9 Å². The lowest BCUT2D eigenvalue weighted by molar-refractivity contribution is 0.0206. The van der Waals surface area contributed by atoms with Crippen molar-refractivity contribution in [2.75, 3.05) is 38.6 Å². The first-order valence-electron chi connectivity index (χ1n) is 10.1. The molecule has 29 heavy (non-hydrogen) atoms. The molecule has 2 saturated heterocycles. The van der Waals surface area contributed by atoms with E-state index in [9.17, 15) is 4.79 Å². The van der Waals surface area contributed by atoms with E-state index in [1.807, 2.05) is 0 Å². The topological polar surface area (TPSA) is 89.3 Å². The molecule has 0 bridgehead atoms. The molecule has 0 saturated carbocycles. The third-order valence-electron chi connectivity index (χ3n) is 6.29. The maximum absolute atomic E-state index is 15.6. The Kier molecular flexibility index (Phi) is 5.90. The highest BCUT2D eigenvalue weighted by atomic mass is 35.5. The Bertz CT molecular complexity index is 898. The molecule has 1 aromatic carbocycles. The van der Waals surface area contributed by atoms with Gasteiger partial charge in [0, 0.05) is 36.1 Å². The molecule has 4 rings (SSSR count). The molecule has 1 aromatic heterocycles. The molecule has 2 aromatic rings. The number of nitrogens with two attached hydrogens (primary N) is 1. The Hall–Kier alpha value is -1.96. The van der Waals surface area contributed by atoms with Gasteiger partial charge in [-0.25, -0.2) is 4.39 Å². The van der Waals surface area contributed by atoms with E-state index >= 15 is 4.39 Å². The number of alkyl halides is 1. The summed E-state index contributed by atoms with van der Waals surface area (Å²) in [4.78, 5) is 17.4. The lowest BCUT2D eigenvalue weighted by Gasteiger charge is -2.42. The van der Waals surface area contributed by atoms with E-state index in [2.05, 4.69) is 15.6 Å². The number of hydrogen-bond donors (Lipinski definition) is 3. The highest BCUT2D eigenvalue weighted by Gasteiger charge is 2.45. The molecule has 8 heteroatoms. The zero-order valence-electron chi connectivity index (χ0n) is 16.2. The van der Waals surface area contributed by atoms with E-state index in [0.717, 1.165) is 19.5 Å². The van der Waals surface area contributed by atoms with Crippen molar-refractivity contribution in [3.05, 3.63) is 35.0 Å². The zero-order chi connectivity index (χ0) is 20.4. The van der Waals surface area contributed by atoms with Gasteiger partial charge < -0.3 is 21.1 Å². The number of pyridine rings is 1. The van der Waals surface area contributed by atoms with Crippen molar-refractivity contribution < 1.29 is 13.9 Å². The summed E-state index contributed by atoms with van der Waals surface area (Å²) in [6.45, 7) is 2.80. The number of halogens is 2. The quantitative estimate of drug-likeness (QED) is 0.647. The number of ether oxygens (including phenoxy) is 1. The van der Waals surface area contributed by atoms with Crippen LogP contribution in [0.1, 0.15) is 29.6 Å². The third kappa shape index (κ3) is 3.91. The molecule has 2 aliphatic heterocycles. The molecule has 2 fully saturated rings. The summed E-state index contributed by atoms with van der Waals surface area (Å²) in [5, 5.41) is 7.19. The number of benzene rings is 1. The van der Waals surface area contributed by atoms with Crippen LogP contribution >= 0.6 is 11.6 Å². The number of nitrogens with zero attached hydrogens (tertiary/aromatic N) is 1. The van der Waals surface area contributed by atoms with E-state index in [0.29, 0.717) is 53.2 Å². The first-order chi connectivity index (χ1) is 14.0. The highest BCUT2D eigenvalue weighted by molar-refractivity contribution is 6.35. The van der Waals surface area contributed by atoms with Gasteiger partial charge in [0.25, 0.3) is 5.91 Å². The molecule has 2 aliphatic rings. The number of anilines is 1. The zero-order valence-corrected chi connectivity index (χ0v) is 17.0. The molecule has 3 heterocycles. The molecule has 156 valence electrons. The van der Waals surface area contributed by atoms with Crippen LogP contribution in [0.5, 0.6) is 0 Å². The van der Waals surface area contributed by atoms with Crippen molar-refractivity contribution in [3.8, 4) is 0 Å². The predicted molar refractivity (Wildman–Crippen MR) is 112 cm³/mol. The lowest BCUT2D eigenvalue weighted by Crippen LogP contribution is -2.52. The predicted octanol–water partition coefficient (Wildman–Crippen LogP) is 2.94. The fourth-order valence-electron chi connectivity index (χ4n) is 4.52. The maximum atomic E-state index is 15.6. The Morgan fingerprint density at radius 1 is 1.48 bits per heavy atom. The monoisotopic (exact) mass is 420 g/mol. The van der Waals surface area contributed by atoms with Gasteiger partial charge in [0.15, 0.2) is 0 Å². The standard InChI is InChI=1S/C21H26ClFN4O2/c22-16-10-15(18-14(17(16)24)2-1-6-26-18)20(28)27-12-21(4-7-25-8-5-21)19(23)13-3-9-29-11-13/h1-2,6,10,13,19,25H,3-5,7-9,11-12,24H2,(H,27,28). The average Bonchev–Trinajstić information content (AvgIpc) is 3.29. The first kappa shape index (κ1) is 20.3. The van der Waals surface area contributed by atoms with Gasteiger partial charge in [-0.05, 0) is 50.6 Å². The minimum atomic E-state index is -1.02. The number of nitrogen functional groups attached to an aromatic ring is 1. The van der Waals surface area contributed by atoms with Gasteiger partial charge in [-0.1, -0.05) is 11.6 Å². The minimum absolute atomic E-state index is 0.113. The van der Waals surface area contributed by atoms with Crippen LogP contribution in [0, 0.1) is 11.3 Å². The van der Waals surface area contributed by atoms with Crippen LogP contribution in [0.25, 0.3) is 10.9 Å². The van der Waals surface area contributed by atoms with Crippen molar-refractivity contribution in [2.24, 2.45) is 11.3 Å². The number of piperidine rings is 1. The van der Waals surface area contributed by atoms with Crippen molar-refractivity contribution in [2.45, 2.75) is 25.4 Å². The fourth-order valence-corrected chi connectivity index (χ4v) is 4.73. The summed E-state index contributed by atoms with van der Waals surface area (Å²) >= 11 is 6.23. The molecular formula is C21H26ClFN4O2. The lowest BCUT2D eigenvalue weighted by atomic mass is 9.70. The van der Waals surface area contributed by atoms with Crippen molar-refractivity contribution in [3.63, 3.8) is 0 Å². The minimum Gasteiger partial charge on any atom is -0.397 e. The molecule has 1 amide bonds. The number of amides is 1. The number of aromatic nitrogens is 1. The Balaban J connectivity index is 1.57.